The van der Waals surface area contributed by atoms with Crippen LogP contribution in [0.2, 0.25) is 0 Å². The zero-order valence-corrected chi connectivity index (χ0v) is 15.4. The van der Waals surface area contributed by atoms with Gasteiger partial charge in [0.25, 0.3) is 5.56 Å². The van der Waals surface area contributed by atoms with Crippen LogP contribution in [0.15, 0.2) is 10.6 Å². The van der Waals surface area contributed by atoms with E-state index in [0.717, 1.165) is 6.42 Å². The molecule has 25 heavy (non-hydrogen) atoms. The zero-order chi connectivity index (χ0) is 18.4. The molecule has 0 saturated carbocycles. The molecule has 2 fully saturated rings. The van der Waals surface area contributed by atoms with Gasteiger partial charge in [-0.3, -0.25) is 14.3 Å². The second kappa shape index (κ2) is 6.56. The van der Waals surface area contributed by atoms with Gasteiger partial charge < -0.3 is 24.1 Å². The van der Waals surface area contributed by atoms with Crippen molar-refractivity contribution < 1.29 is 24.1 Å². The average Bonchev–Trinajstić information content (AvgIpc) is 2.98. The monoisotopic (exact) mass is 370 g/mol. The maximum absolute atomic E-state index is 12.3. The summed E-state index contributed by atoms with van der Waals surface area (Å²) in [4.78, 5) is 14.8. The predicted octanol–water partition coefficient (Wildman–Crippen LogP) is 1.89. The number of aromatic nitrogens is 2. The van der Waals surface area contributed by atoms with E-state index in [0.29, 0.717) is 12.3 Å². The van der Waals surface area contributed by atoms with Crippen molar-refractivity contribution in [2.75, 3.05) is 7.11 Å². The van der Waals surface area contributed by atoms with Crippen LogP contribution >= 0.6 is 12.2 Å². The first-order valence-corrected chi connectivity index (χ1v) is 8.51. The summed E-state index contributed by atoms with van der Waals surface area (Å²) in [7, 11) is 1.52. The number of ether oxygens (including phenoxy) is 4. The van der Waals surface area contributed by atoms with Gasteiger partial charge in [-0.05, 0) is 38.6 Å². The second-order valence-electron chi connectivity index (χ2n) is 6.44. The van der Waals surface area contributed by atoms with Crippen molar-refractivity contribution in [2.24, 2.45) is 0 Å². The van der Waals surface area contributed by atoms with E-state index >= 15 is 0 Å². The standard InChI is InChI=1S/C16H22N2O6S/c1-5-6-18-13(20)8(12(19)17-15(18)25)7-9-10(21-4)11-14(22-9)24-16(2,3)23-11/h7,10-11,14,20H,5-6H2,1-4H3,(H,17,19,25)/t10-,11?,14?/m0/s1. The van der Waals surface area contributed by atoms with Gasteiger partial charge in [0.2, 0.25) is 12.2 Å². The van der Waals surface area contributed by atoms with Crippen molar-refractivity contribution >= 4 is 18.3 Å². The van der Waals surface area contributed by atoms with Crippen molar-refractivity contribution in [2.45, 2.75) is 58.0 Å². The van der Waals surface area contributed by atoms with Gasteiger partial charge in [-0.2, -0.15) is 0 Å². The fourth-order valence-electron chi connectivity index (χ4n) is 3.06. The van der Waals surface area contributed by atoms with Gasteiger partial charge in [-0.1, -0.05) is 6.92 Å². The molecule has 1 aromatic heterocycles. The molecule has 3 heterocycles. The Bertz CT molecular complexity index is 812. The summed E-state index contributed by atoms with van der Waals surface area (Å²) in [5.41, 5.74) is -0.446. The van der Waals surface area contributed by atoms with Gasteiger partial charge in [0.05, 0.1) is 0 Å². The molecule has 9 heteroatoms. The van der Waals surface area contributed by atoms with Gasteiger partial charge in [0, 0.05) is 13.7 Å². The Morgan fingerprint density at radius 2 is 2.16 bits per heavy atom. The normalized spacial score (nSPS) is 29.0. The number of H-pyrrole nitrogens is 1. The highest BCUT2D eigenvalue weighted by Crippen LogP contribution is 2.40. The van der Waals surface area contributed by atoms with Gasteiger partial charge >= 0.3 is 0 Å². The minimum atomic E-state index is -0.772. The molecule has 0 bridgehead atoms. The number of hydrogen-bond donors (Lipinski definition) is 2. The summed E-state index contributed by atoms with van der Waals surface area (Å²) in [6.07, 6.45) is 0.568. The number of methoxy groups -OCH3 is 1. The Labute approximate surface area is 150 Å². The summed E-state index contributed by atoms with van der Waals surface area (Å²) in [6, 6.07) is 0. The number of nitrogens with zero attached hydrogens (tertiary/aromatic N) is 1. The molecule has 1 aromatic rings. The largest absolute Gasteiger partial charge is 0.494 e. The van der Waals surface area contributed by atoms with Gasteiger partial charge in [0.1, 0.15) is 17.4 Å². The number of aromatic amines is 1. The van der Waals surface area contributed by atoms with Crippen molar-refractivity contribution in [3.8, 4) is 5.88 Å². The molecule has 0 radical (unpaired) electrons. The Hall–Kier alpha value is -1.68. The number of hydrogen-bond acceptors (Lipinski definition) is 7. The molecule has 3 rings (SSSR count). The first kappa shape index (κ1) is 18.1. The highest BCUT2D eigenvalue weighted by Gasteiger charge is 2.53. The summed E-state index contributed by atoms with van der Waals surface area (Å²) in [5.74, 6) is -0.625. The maximum Gasteiger partial charge on any atom is 0.262 e. The molecule has 0 aliphatic carbocycles. The average molecular weight is 370 g/mol. The molecule has 3 atom stereocenters. The number of aromatic hydroxyl groups is 1. The Balaban J connectivity index is 2.00. The van der Waals surface area contributed by atoms with Crippen LogP contribution in [0, 0.1) is 4.77 Å². The Morgan fingerprint density at radius 1 is 1.44 bits per heavy atom. The molecule has 2 unspecified atom stereocenters. The van der Waals surface area contributed by atoms with E-state index in [-0.39, 0.29) is 16.2 Å². The van der Waals surface area contributed by atoms with E-state index in [1.54, 1.807) is 13.8 Å². The lowest BCUT2D eigenvalue weighted by molar-refractivity contribution is -0.189. The lowest BCUT2D eigenvalue weighted by Gasteiger charge is -2.21. The molecular formula is C16H22N2O6S. The summed E-state index contributed by atoms with van der Waals surface area (Å²) in [5, 5.41) is 10.5. The van der Waals surface area contributed by atoms with E-state index < -0.39 is 29.8 Å². The highest BCUT2D eigenvalue weighted by molar-refractivity contribution is 7.71. The molecule has 8 nitrogen and oxygen atoms in total. The zero-order valence-electron chi connectivity index (χ0n) is 14.6. The summed E-state index contributed by atoms with van der Waals surface area (Å²) in [6.45, 7) is 6.01. The van der Waals surface area contributed by atoms with Crippen LogP contribution in [-0.4, -0.2) is 46.1 Å². The SMILES string of the molecule is CCCn1c(O)c(C=C2OC3OC(C)(C)OC3[C@H]2OC)c(=O)[nH]c1=S. The van der Waals surface area contributed by atoms with Crippen LogP contribution < -0.4 is 5.56 Å². The minimum Gasteiger partial charge on any atom is -0.494 e. The maximum atomic E-state index is 12.3. The van der Waals surface area contributed by atoms with Crippen molar-refractivity contribution in [1.29, 1.82) is 0 Å². The molecular weight excluding hydrogens is 348 g/mol. The first-order valence-electron chi connectivity index (χ1n) is 8.10. The molecule has 2 saturated heterocycles. The van der Waals surface area contributed by atoms with Gasteiger partial charge in [0.15, 0.2) is 16.7 Å². The van der Waals surface area contributed by atoms with Crippen LogP contribution in [0.25, 0.3) is 6.08 Å². The van der Waals surface area contributed by atoms with Crippen LogP contribution in [0.1, 0.15) is 32.8 Å². The molecule has 0 spiro atoms. The summed E-state index contributed by atoms with van der Waals surface area (Å²) >= 11 is 5.10. The smallest absolute Gasteiger partial charge is 0.262 e. The first-order chi connectivity index (χ1) is 11.8. The predicted molar refractivity (Wildman–Crippen MR) is 91.5 cm³/mol. The van der Waals surface area contributed by atoms with E-state index in [9.17, 15) is 9.90 Å². The Morgan fingerprint density at radius 3 is 2.80 bits per heavy atom. The molecule has 2 N–H and O–H groups in total. The van der Waals surface area contributed by atoms with E-state index in [4.69, 9.17) is 31.2 Å². The molecule has 0 aromatic carbocycles. The van der Waals surface area contributed by atoms with Crippen LogP contribution in [0.3, 0.4) is 0 Å². The second-order valence-corrected chi connectivity index (χ2v) is 6.82. The quantitative estimate of drug-likeness (QED) is 0.782. The Kier molecular flexibility index (Phi) is 4.76. The van der Waals surface area contributed by atoms with Crippen LogP contribution in [-0.2, 0) is 25.5 Å². The molecule has 2 aliphatic rings. The third kappa shape index (κ3) is 3.24. The van der Waals surface area contributed by atoms with Crippen molar-refractivity contribution in [1.82, 2.24) is 9.55 Å². The lowest BCUT2D eigenvalue weighted by Crippen LogP contribution is -2.30. The van der Waals surface area contributed by atoms with Crippen LogP contribution in [0.5, 0.6) is 5.88 Å². The van der Waals surface area contributed by atoms with E-state index in [1.807, 2.05) is 6.92 Å². The van der Waals surface area contributed by atoms with E-state index in [1.165, 1.54) is 17.8 Å². The molecule has 0 amide bonds. The topological polar surface area (TPSA) is 94.9 Å². The number of nitrogens with one attached hydrogen (secondary N) is 1. The van der Waals surface area contributed by atoms with Gasteiger partial charge in [-0.15, -0.1) is 0 Å². The van der Waals surface area contributed by atoms with Crippen molar-refractivity contribution in [3.05, 3.63) is 26.4 Å². The number of rotatable bonds is 4. The van der Waals surface area contributed by atoms with Crippen molar-refractivity contribution in [3.63, 3.8) is 0 Å². The highest BCUT2D eigenvalue weighted by atomic mass is 32.1. The molecule has 138 valence electrons. The lowest BCUT2D eigenvalue weighted by atomic mass is 10.1. The van der Waals surface area contributed by atoms with E-state index in [2.05, 4.69) is 4.98 Å². The minimum absolute atomic E-state index is 0.0540. The third-order valence-corrected chi connectivity index (χ3v) is 4.44. The molecule has 2 aliphatic heterocycles. The third-order valence-electron chi connectivity index (χ3n) is 4.11. The fraction of sp³-hybridized carbons (Fsp3) is 0.625. The fourth-order valence-corrected chi connectivity index (χ4v) is 3.33. The van der Waals surface area contributed by atoms with Crippen LogP contribution in [0.4, 0.5) is 0 Å². The number of fused-ring (bicyclic) bond motifs is 1. The van der Waals surface area contributed by atoms with Gasteiger partial charge in [-0.25, -0.2) is 0 Å². The summed E-state index contributed by atoms with van der Waals surface area (Å²) < 4.78 is 24.3.